The van der Waals surface area contributed by atoms with E-state index in [0.29, 0.717) is 47.0 Å². The number of ether oxygens (including phenoxy) is 1. The smallest absolute Gasteiger partial charge is 0.262 e. The monoisotopic (exact) mass is 495 g/mol. The van der Waals surface area contributed by atoms with Crippen molar-refractivity contribution in [1.82, 2.24) is 24.1 Å². The van der Waals surface area contributed by atoms with Crippen molar-refractivity contribution in [3.8, 4) is 0 Å². The highest BCUT2D eigenvalue weighted by Gasteiger charge is 2.33. The molecule has 0 bridgehead atoms. The molecule has 0 aliphatic heterocycles. The number of halogens is 1. The van der Waals surface area contributed by atoms with E-state index in [4.69, 9.17) is 4.74 Å². The summed E-state index contributed by atoms with van der Waals surface area (Å²) < 4.78 is 22.8. The van der Waals surface area contributed by atoms with Crippen LogP contribution in [0.5, 0.6) is 0 Å². The molecule has 4 aromatic rings. The fraction of sp³-hybridized carbons (Fsp3) is 0.360. The number of hydrogen-bond donors (Lipinski definition) is 0. The predicted molar refractivity (Wildman–Crippen MR) is 132 cm³/mol. The molecule has 0 atom stereocenters. The van der Waals surface area contributed by atoms with Crippen molar-refractivity contribution in [1.29, 1.82) is 0 Å². The molecule has 35 heavy (non-hydrogen) atoms. The molecule has 8 nitrogen and oxygen atoms in total. The lowest BCUT2D eigenvalue weighted by atomic mass is 10.2. The third-order valence-electron chi connectivity index (χ3n) is 6.14. The van der Waals surface area contributed by atoms with Crippen LogP contribution in [-0.2, 0) is 22.6 Å². The molecular weight excluding hydrogens is 469 g/mol. The summed E-state index contributed by atoms with van der Waals surface area (Å²) in [7, 11) is 1.62. The molecule has 2 aromatic heterocycles. The minimum Gasteiger partial charge on any atom is -0.385 e. The summed E-state index contributed by atoms with van der Waals surface area (Å²) in [5, 5.41) is 9.71. The van der Waals surface area contributed by atoms with Crippen molar-refractivity contribution in [3.63, 3.8) is 0 Å². The van der Waals surface area contributed by atoms with Crippen molar-refractivity contribution in [2.45, 2.75) is 43.6 Å². The molecule has 1 aliphatic rings. The van der Waals surface area contributed by atoms with E-state index in [1.165, 1.54) is 17.8 Å². The number of para-hydroxylation sites is 1. The summed E-state index contributed by atoms with van der Waals surface area (Å²) in [4.78, 5) is 28.1. The standard InChI is InChI=1S/C25H26FN5O3S/c1-34-14-6-13-29-23(33)19-8-3-5-10-21(19)31-24(29)27-28-25(31)35-16-22(32)30(18-11-12-18)15-17-7-2-4-9-20(17)26/h2-5,7-10,18H,6,11-16H2,1H3. The molecule has 1 saturated carbocycles. The van der Waals surface area contributed by atoms with Crippen molar-refractivity contribution < 1.29 is 13.9 Å². The Morgan fingerprint density at radius 1 is 1.17 bits per heavy atom. The van der Waals surface area contributed by atoms with Gasteiger partial charge in [-0.2, -0.15) is 0 Å². The normalized spacial score (nSPS) is 13.5. The minimum atomic E-state index is -0.306. The first-order valence-corrected chi connectivity index (χ1v) is 12.6. The zero-order valence-electron chi connectivity index (χ0n) is 19.4. The van der Waals surface area contributed by atoms with Gasteiger partial charge in [0.2, 0.25) is 11.7 Å². The highest BCUT2D eigenvalue weighted by atomic mass is 32.2. The Labute approximate surface area is 205 Å². The number of carbonyl (C=O) groups excluding carboxylic acids is 1. The second-order valence-electron chi connectivity index (χ2n) is 8.57. The number of aromatic nitrogens is 4. The van der Waals surface area contributed by atoms with Crippen LogP contribution in [0, 0.1) is 5.82 Å². The highest BCUT2D eigenvalue weighted by molar-refractivity contribution is 7.99. The molecule has 10 heteroatoms. The van der Waals surface area contributed by atoms with Crippen molar-refractivity contribution >= 4 is 34.3 Å². The topological polar surface area (TPSA) is 81.7 Å². The number of rotatable bonds is 10. The van der Waals surface area contributed by atoms with Gasteiger partial charge in [-0.1, -0.05) is 42.1 Å². The van der Waals surface area contributed by atoms with Crippen LogP contribution in [0.3, 0.4) is 0 Å². The van der Waals surface area contributed by atoms with Crippen LogP contribution in [0.4, 0.5) is 4.39 Å². The maximum absolute atomic E-state index is 14.2. The first kappa shape index (κ1) is 23.5. The third-order valence-corrected chi connectivity index (χ3v) is 7.05. The Kier molecular flexibility index (Phi) is 6.83. The largest absolute Gasteiger partial charge is 0.385 e. The molecule has 0 unspecified atom stereocenters. The fourth-order valence-electron chi connectivity index (χ4n) is 4.22. The molecule has 2 heterocycles. The van der Waals surface area contributed by atoms with E-state index in [-0.39, 0.29) is 35.6 Å². The van der Waals surface area contributed by atoms with Gasteiger partial charge in [0, 0.05) is 38.4 Å². The first-order valence-electron chi connectivity index (χ1n) is 11.6. The number of hydrogen-bond acceptors (Lipinski definition) is 6. The second-order valence-corrected chi connectivity index (χ2v) is 9.51. The van der Waals surface area contributed by atoms with Crippen LogP contribution >= 0.6 is 11.8 Å². The lowest BCUT2D eigenvalue weighted by Gasteiger charge is -2.22. The van der Waals surface area contributed by atoms with Gasteiger partial charge in [0.1, 0.15) is 5.82 Å². The highest BCUT2D eigenvalue weighted by Crippen LogP contribution is 2.30. The van der Waals surface area contributed by atoms with Gasteiger partial charge in [-0.3, -0.25) is 18.6 Å². The summed E-state index contributed by atoms with van der Waals surface area (Å²) in [5.74, 6) is 0.198. The number of aryl methyl sites for hydroxylation is 1. The Balaban J connectivity index is 1.42. The van der Waals surface area contributed by atoms with Gasteiger partial charge in [0.25, 0.3) is 5.56 Å². The van der Waals surface area contributed by atoms with Gasteiger partial charge >= 0.3 is 0 Å². The van der Waals surface area contributed by atoms with E-state index >= 15 is 0 Å². The van der Waals surface area contributed by atoms with Gasteiger partial charge in [0.15, 0.2) is 5.16 Å². The predicted octanol–water partition coefficient (Wildman–Crippen LogP) is 3.50. The summed E-state index contributed by atoms with van der Waals surface area (Å²) in [6.07, 6.45) is 2.51. The molecule has 1 amide bonds. The van der Waals surface area contributed by atoms with Crippen LogP contribution < -0.4 is 5.56 Å². The summed E-state index contributed by atoms with van der Waals surface area (Å²) >= 11 is 1.28. The van der Waals surface area contributed by atoms with Gasteiger partial charge in [0.05, 0.1) is 16.7 Å². The summed E-state index contributed by atoms with van der Waals surface area (Å²) in [6.45, 7) is 1.22. The van der Waals surface area contributed by atoms with Crippen molar-refractivity contribution in [2.75, 3.05) is 19.5 Å². The van der Waals surface area contributed by atoms with E-state index in [0.717, 1.165) is 12.8 Å². The van der Waals surface area contributed by atoms with Crippen molar-refractivity contribution in [3.05, 3.63) is 70.3 Å². The average Bonchev–Trinajstić information content (AvgIpc) is 3.63. The molecule has 0 saturated heterocycles. The molecule has 0 spiro atoms. The second kappa shape index (κ2) is 10.2. The molecule has 0 radical (unpaired) electrons. The van der Waals surface area contributed by atoms with Crippen LogP contribution in [0.25, 0.3) is 16.7 Å². The van der Waals surface area contributed by atoms with E-state index in [2.05, 4.69) is 10.2 Å². The summed E-state index contributed by atoms with van der Waals surface area (Å²) in [5.41, 5.74) is 1.08. The van der Waals surface area contributed by atoms with Crippen molar-refractivity contribution in [2.24, 2.45) is 0 Å². The quantitative estimate of drug-likeness (QED) is 0.247. The van der Waals surface area contributed by atoms with Gasteiger partial charge in [-0.15, -0.1) is 10.2 Å². The molecule has 182 valence electrons. The van der Waals surface area contributed by atoms with Gasteiger partial charge in [-0.25, -0.2) is 4.39 Å². The maximum Gasteiger partial charge on any atom is 0.262 e. The van der Waals surface area contributed by atoms with E-state index in [9.17, 15) is 14.0 Å². The van der Waals surface area contributed by atoms with Crippen LogP contribution in [-0.4, -0.2) is 55.5 Å². The van der Waals surface area contributed by atoms with E-state index in [1.54, 1.807) is 40.8 Å². The lowest BCUT2D eigenvalue weighted by molar-refractivity contribution is -0.129. The Bertz CT molecular complexity index is 1430. The molecule has 2 aromatic carbocycles. The molecule has 0 N–H and O–H groups in total. The minimum absolute atomic E-state index is 0.0739. The summed E-state index contributed by atoms with van der Waals surface area (Å²) in [6, 6.07) is 14.0. The van der Waals surface area contributed by atoms with Gasteiger partial charge < -0.3 is 9.64 Å². The van der Waals surface area contributed by atoms with Crippen LogP contribution in [0.15, 0.2) is 58.5 Å². The lowest BCUT2D eigenvalue weighted by Crippen LogP contribution is -2.34. The Hall–Kier alpha value is -3.24. The Morgan fingerprint density at radius 3 is 2.71 bits per heavy atom. The van der Waals surface area contributed by atoms with Crippen LogP contribution in [0.1, 0.15) is 24.8 Å². The number of methoxy groups -OCH3 is 1. The number of carbonyl (C=O) groups is 1. The first-order chi connectivity index (χ1) is 17.1. The van der Waals surface area contributed by atoms with E-state index in [1.807, 2.05) is 22.6 Å². The zero-order valence-corrected chi connectivity index (χ0v) is 20.2. The Morgan fingerprint density at radius 2 is 1.94 bits per heavy atom. The molecule has 1 fully saturated rings. The SMILES string of the molecule is COCCCn1c(=O)c2ccccc2n2c(SCC(=O)N(Cc3ccccc3F)C3CC3)nnc12. The zero-order chi connectivity index (χ0) is 24.4. The maximum atomic E-state index is 14.2. The van der Waals surface area contributed by atoms with Gasteiger partial charge in [-0.05, 0) is 37.5 Å². The van der Waals surface area contributed by atoms with E-state index < -0.39 is 0 Å². The number of nitrogens with zero attached hydrogens (tertiary/aromatic N) is 5. The van der Waals surface area contributed by atoms with Crippen LogP contribution in [0.2, 0.25) is 0 Å². The third kappa shape index (κ3) is 4.81. The number of thioether (sulfide) groups is 1. The molecule has 1 aliphatic carbocycles. The number of fused-ring (bicyclic) bond motifs is 3. The molecular formula is C25H26FN5O3S. The molecule has 5 rings (SSSR count). The fourth-order valence-corrected chi connectivity index (χ4v) is 5.05. The average molecular weight is 496 g/mol. The number of benzene rings is 2. The number of amides is 1.